The first kappa shape index (κ1) is 38.0. The molecule has 13 heteroatoms. The first-order chi connectivity index (χ1) is 25.4. The summed E-state index contributed by atoms with van der Waals surface area (Å²) in [4.78, 5) is 53.7. The summed E-state index contributed by atoms with van der Waals surface area (Å²) in [6.07, 6.45) is 6.05. The van der Waals surface area contributed by atoms with Gasteiger partial charge in [0.15, 0.2) is 5.88 Å². The highest BCUT2D eigenvalue weighted by atomic mass is 32.1. The number of nitrogens with one attached hydrogen (secondary N) is 2. The summed E-state index contributed by atoms with van der Waals surface area (Å²) in [6.45, 7) is 12.9. The molecule has 2 fully saturated rings. The average molecular weight is 757 g/mol. The van der Waals surface area contributed by atoms with Gasteiger partial charge in [-0.3, -0.25) is 9.59 Å². The van der Waals surface area contributed by atoms with Gasteiger partial charge in [0.2, 0.25) is 11.8 Å². The molecule has 0 radical (unpaired) electrons. The Labute approximate surface area is 319 Å². The summed E-state index contributed by atoms with van der Waals surface area (Å²) in [6, 6.07) is 15.5. The first-order valence-electron chi connectivity index (χ1n) is 18.2. The third kappa shape index (κ3) is 8.41. The van der Waals surface area contributed by atoms with Crippen LogP contribution in [0.4, 0.5) is 4.79 Å². The van der Waals surface area contributed by atoms with Crippen LogP contribution < -0.4 is 10.6 Å². The predicted molar refractivity (Wildman–Crippen MR) is 209 cm³/mol. The minimum absolute atomic E-state index is 0.0445. The Balaban J connectivity index is 1.11. The lowest BCUT2D eigenvalue weighted by Gasteiger charge is -2.30. The molecule has 2 saturated heterocycles. The van der Waals surface area contributed by atoms with Gasteiger partial charge < -0.3 is 30.3 Å². The second-order valence-corrected chi connectivity index (χ2v) is 16.4. The molecule has 0 saturated carbocycles. The Morgan fingerprint density at radius 1 is 0.736 bits per heavy atom. The van der Waals surface area contributed by atoms with E-state index in [0.717, 1.165) is 67.7 Å². The van der Waals surface area contributed by atoms with Gasteiger partial charge in [-0.05, 0) is 66.4 Å². The number of carbonyl (C=O) groups is 3. The van der Waals surface area contributed by atoms with Crippen molar-refractivity contribution in [1.82, 2.24) is 30.4 Å². The van der Waals surface area contributed by atoms with E-state index in [1.54, 1.807) is 34.7 Å². The molecule has 3 N–H and O–H groups in total. The molecule has 0 bridgehead atoms. The number of likely N-dealkylation sites (tertiary alicyclic amines) is 2. The molecule has 280 valence electrons. The van der Waals surface area contributed by atoms with Crippen molar-refractivity contribution in [2.45, 2.75) is 77.5 Å². The molecule has 4 aromatic rings. The summed E-state index contributed by atoms with van der Waals surface area (Å²) in [7, 11) is 1.54. The topological polar surface area (TPSA) is 137 Å². The maximum Gasteiger partial charge on any atom is 0.405 e. The van der Waals surface area contributed by atoms with Crippen LogP contribution in [-0.2, 0) is 14.3 Å². The van der Waals surface area contributed by atoms with Crippen LogP contribution in [0, 0.1) is 11.8 Å². The zero-order chi connectivity index (χ0) is 37.8. The number of nitrogens with zero attached hydrogens (tertiary/aromatic N) is 4. The monoisotopic (exact) mass is 756 g/mol. The fraction of sp³-hybridized carbons (Fsp3) is 0.425. The number of aromatic nitrogens is 2. The molecule has 0 spiro atoms. The molecule has 4 atom stereocenters. The summed E-state index contributed by atoms with van der Waals surface area (Å²) >= 11 is 3.22. The zero-order valence-electron chi connectivity index (χ0n) is 30.9. The lowest BCUT2D eigenvalue weighted by Crippen LogP contribution is -2.50. The van der Waals surface area contributed by atoms with Crippen molar-refractivity contribution in [2.75, 3.05) is 20.2 Å². The molecule has 2 aliphatic rings. The number of ether oxygens (including phenoxy) is 1. The Bertz CT molecular complexity index is 1920. The number of amides is 3. The first-order valence-corrected chi connectivity index (χ1v) is 19.8. The number of carboxylic acid groups (broad SMARTS) is 1. The number of thiazole rings is 2. The Morgan fingerprint density at radius 2 is 1.13 bits per heavy atom. The minimum atomic E-state index is -1.20. The van der Waals surface area contributed by atoms with E-state index >= 15 is 0 Å². The van der Waals surface area contributed by atoms with Crippen molar-refractivity contribution in [2.24, 2.45) is 11.8 Å². The normalized spacial score (nSPS) is 18.3. The van der Waals surface area contributed by atoms with E-state index in [1.807, 2.05) is 45.0 Å². The van der Waals surface area contributed by atoms with E-state index in [2.05, 4.69) is 65.7 Å². The fourth-order valence-corrected chi connectivity index (χ4v) is 9.27. The van der Waals surface area contributed by atoms with Crippen LogP contribution in [0.1, 0.15) is 75.5 Å². The number of methoxy groups -OCH3 is 1. The van der Waals surface area contributed by atoms with Gasteiger partial charge in [0.05, 0.1) is 28.9 Å². The predicted octanol–water partition coefficient (Wildman–Crippen LogP) is 7.95. The number of hydrogen-bond acceptors (Lipinski definition) is 9. The molecule has 11 nitrogen and oxygen atoms in total. The van der Waals surface area contributed by atoms with Crippen molar-refractivity contribution in [3.05, 3.63) is 83.4 Å². The molecular formula is C40H48N6O5S2. The lowest BCUT2D eigenvalue weighted by molar-refractivity contribution is -0.136. The Kier molecular flexibility index (Phi) is 11.8. The van der Waals surface area contributed by atoms with Gasteiger partial charge in [-0.15, -0.1) is 22.7 Å². The van der Waals surface area contributed by atoms with Crippen molar-refractivity contribution in [3.8, 4) is 32.0 Å². The quantitative estimate of drug-likeness (QED) is 0.117. The maximum absolute atomic E-state index is 13.6. The molecule has 53 heavy (non-hydrogen) atoms. The van der Waals surface area contributed by atoms with Gasteiger partial charge in [-0.2, -0.15) is 0 Å². The van der Waals surface area contributed by atoms with Crippen LogP contribution in [0.25, 0.3) is 32.0 Å². The molecule has 4 heterocycles. The Hall–Kier alpha value is -4.75. The highest BCUT2D eigenvalue weighted by Crippen LogP contribution is 2.40. The minimum Gasteiger partial charge on any atom is -0.483 e. The summed E-state index contributed by atoms with van der Waals surface area (Å²) in [5.74, 6) is 0.138. The smallest absolute Gasteiger partial charge is 0.405 e. The molecule has 0 aliphatic carbocycles. The number of rotatable bonds is 13. The van der Waals surface area contributed by atoms with Gasteiger partial charge in [-0.1, -0.05) is 76.2 Å². The molecule has 6 rings (SSSR count). The number of benzene rings is 2. The van der Waals surface area contributed by atoms with Crippen molar-refractivity contribution >= 4 is 40.6 Å². The summed E-state index contributed by atoms with van der Waals surface area (Å²) < 4.78 is 5.20. The average Bonchev–Trinajstić information content (AvgIpc) is 3.98. The van der Waals surface area contributed by atoms with Crippen LogP contribution in [0.3, 0.4) is 0 Å². The molecule has 3 amide bonds. The van der Waals surface area contributed by atoms with Gasteiger partial charge in [0.25, 0.3) is 0 Å². The molecule has 2 aromatic heterocycles. The Morgan fingerprint density at radius 3 is 1.51 bits per heavy atom. The number of carbonyl (C=O) groups excluding carboxylic acids is 2. The number of hydrogen-bond donors (Lipinski definition) is 3. The lowest BCUT2D eigenvalue weighted by atomic mass is 10.0. The standard InChI is InChI=1S/C40H48N6O5S2/c1-23(2)34(43-25(5)51-6)38(47)45-19-7-9-30(45)36-41-21-32(52-36)28-15-11-26(12-16-28)27-13-17-29(18-14-27)33-22-42-37(53-33)31-10-8-20-46(31)39(48)35(24(3)4)44-40(49)50/h11-18,21-24,30-31,34-35,43-44H,5,7-10,19-20H2,1-4,6H3,(H,49,50)/t30-,31-,34-,35-/m0/s1. The summed E-state index contributed by atoms with van der Waals surface area (Å²) in [5.41, 5.74) is 4.33. The SMILES string of the molecule is C=C(N[C@H](C(=O)N1CCC[C@H]1c1ncc(-c2ccc(-c3ccc(-c4cnc([C@@H]5CCCN5C(=O)[C@@H](NC(=O)O)C(C)C)s4)cc3)cc2)s1)C(C)C)OC. The van der Waals surface area contributed by atoms with Crippen LogP contribution in [0.15, 0.2) is 73.4 Å². The van der Waals surface area contributed by atoms with Crippen LogP contribution in [-0.4, -0.2) is 75.1 Å². The fourth-order valence-electron chi connectivity index (χ4n) is 7.13. The van der Waals surface area contributed by atoms with E-state index in [4.69, 9.17) is 14.7 Å². The van der Waals surface area contributed by atoms with E-state index in [-0.39, 0.29) is 35.7 Å². The highest BCUT2D eigenvalue weighted by Gasteiger charge is 2.38. The zero-order valence-corrected chi connectivity index (χ0v) is 32.5. The molecule has 0 unspecified atom stereocenters. The van der Waals surface area contributed by atoms with E-state index in [1.165, 1.54) is 0 Å². The van der Waals surface area contributed by atoms with E-state index in [0.29, 0.717) is 19.0 Å². The molecule has 2 aromatic carbocycles. The molecule has 2 aliphatic heterocycles. The van der Waals surface area contributed by atoms with E-state index in [9.17, 15) is 19.5 Å². The molecular weight excluding hydrogens is 709 g/mol. The van der Waals surface area contributed by atoms with Crippen molar-refractivity contribution in [3.63, 3.8) is 0 Å². The third-order valence-corrected chi connectivity index (χ3v) is 12.4. The van der Waals surface area contributed by atoms with Gasteiger partial charge in [0, 0.05) is 25.5 Å². The van der Waals surface area contributed by atoms with Gasteiger partial charge >= 0.3 is 6.09 Å². The van der Waals surface area contributed by atoms with Gasteiger partial charge in [0.1, 0.15) is 22.1 Å². The van der Waals surface area contributed by atoms with Crippen LogP contribution in [0.2, 0.25) is 0 Å². The second kappa shape index (κ2) is 16.5. The maximum atomic E-state index is 13.6. The second-order valence-electron chi connectivity index (χ2n) is 14.3. The van der Waals surface area contributed by atoms with Gasteiger partial charge in [-0.25, -0.2) is 14.8 Å². The highest BCUT2D eigenvalue weighted by molar-refractivity contribution is 7.15. The van der Waals surface area contributed by atoms with Crippen LogP contribution in [0.5, 0.6) is 0 Å². The van der Waals surface area contributed by atoms with Crippen molar-refractivity contribution < 1.29 is 24.2 Å². The van der Waals surface area contributed by atoms with Crippen molar-refractivity contribution in [1.29, 1.82) is 0 Å². The third-order valence-electron chi connectivity index (χ3n) is 10.1. The summed E-state index contributed by atoms with van der Waals surface area (Å²) in [5, 5.41) is 16.7. The largest absolute Gasteiger partial charge is 0.483 e. The van der Waals surface area contributed by atoms with E-state index < -0.39 is 18.2 Å². The van der Waals surface area contributed by atoms with Crippen LogP contribution >= 0.6 is 22.7 Å².